The number of piperidine rings is 1. The SMILES string of the molecule is CC1CCCC(C)N1C1=NCCN1. The third-order valence-corrected chi connectivity index (χ3v) is 3.09. The predicted octanol–water partition coefficient (Wildman–Crippen LogP) is 1.21. The van der Waals surface area contributed by atoms with Crippen LogP contribution < -0.4 is 5.32 Å². The van der Waals surface area contributed by atoms with Gasteiger partial charge in [-0.3, -0.25) is 4.99 Å². The fourth-order valence-electron chi connectivity index (χ4n) is 2.40. The van der Waals surface area contributed by atoms with Crippen molar-refractivity contribution < 1.29 is 0 Å². The van der Waals surface area contributed by atoms with Crippen LogP contribution in [-0.4, -0.2) is 36.0 Å². The predicted molar refractivity (Wildman–Crippen MR) is 54.9 cm³/mol. The molecule has 0 aliphatic carbocycles. The van der Waals surface area contributed by atoms with Crippen LogP contribution in [0.25, 0.3) is 0 Å². The second-order valence-corrected chi connectivity index (χ2v) is 4.17. The fraction of sp³-hybridized carbons (Fsp3) is 0.900. The number of rotatable bonds is 0. The molecule has 1 N–H and O–H groups in total. The van der Waals surface area contributed by atoms with Crippen LogP contribution in [0.5, 0.6) is 0 Å². The van der Waals surface area contributed by atoms with Crippen molar-refractivity contribution in [1.29, 1.82) is 0 Å². The molecule has 2 aliphatic heterocycles. The first-order valence-corrected chi connectivity index (χ1v) is 5.35. The van der Waals surface area contributed by atoms with Crippen LogP contribution >= 0.6 is 0 Å². The fourth-order valence-corrected chi connectivity index (χ4v) is 2.40. The van der Waals surface area contributed by atoms with Crippen molar-refractivity contribution in [3.8, 4) is 0 Å². The van der Waals surface area contributed by atoms with Crippen molar-refractivity contribution in [2.24, 2.45) is 4.99 Å². The number of guanidine groups is 1. The van der Waals surface area contributed by atoms with Gasteiger partial charge in [-0.25, -0.2) is 0 Å². The van der Waals surface area contributed by atoms with Crippen molar-refractivity contribution in [2.45, 2.75) is 45.2 Å². The highest BCUT2D eigenvalue weighted by Crippen LogP contribution is 2.22. The molecule has 0 spiro atoms. The summed E-state index contributed by atoms with van der Waals surface area (Å²) in [5.74, 6) is 1.14. The summed E-state index contributed by atoms with van der Waals surface area (Å²) in [4.78, 5) is 6.95. The Bertz CT molecular complexity index is 202. The maximum Gasteiger partial charge on any atom is 0.194 e. The van der Waals surface area contributed by atoms with Crippen molar-refractivity contribution in [1.82, 2.24) is 10.2 Å². The van der Waals surface area contributed by atoms with Crippen LogP contribution in [-0.2, 0) is 0 Å². The van der Waals surface area contributed by atoms with Crippen molar-refractivity contribution in [3.63, 3.8) is 0 Å². The summed E-state index contributed by atoms with van der Waals surface area (Å²) in [6, 6.07) is 1.32. The van der Waals surface area contributed by atoms with Crippen molar-refractivity contribution >= 4 is 5.96 Å². The van der Waals surface area contributed by atoms with Crippen LogP contribution in [0.2, 0.25) is 0 Å². The molecular weight excluding hydrogens is 162 g/mol. The average Bonchev–Trinajstić information content (AvgIpc) is 2.57. The topological polar surface area (TPSA) is 27.6 Å². The maximum absolute atomic E-state index is 4.49. The number of hydrogen-bond acceptors (Lipinski definition) is 3. The Morgan fingerprint density at radius 3 is 2.54 bits per heavy atom. The smallest absolute Gasteiger partial charge is 0.194 e. The standard InChI is InChI=1S/C10H19N3/c1-8-4-3-5-9(2)13(8)10-11-6-7-12-10/h8-9H,3-7H2,1-2H3,(H,11,12). The van der Waals surface area contributed by atoms with Crippen molar-refractivity contribution in [3.05, 3.63) is 0 Å². The Kier molecular flexibility index (Phi) is 2.42. The molecule has 0 aromatic heterocycles. The molecule has 3 nitrogen and oxygen atoms in total. The van der Waals surface area contributed by atoms with E-state index in [1.165, 1.54) is 19.3 Å². The highest BCUT2D eigenvalue weighted by Gasteiger charge is 2.28. The minimum atomic E-state index is 0.660. The van der Waals surface area contributed by atoms with Crippen LogP contribution in [0.3, 0.4) is 0 Å². The highest BCUT2D eigenvalue weighted by molar-refractivity contribution is 5.82. The molecule has 2 heterocycles. The van der Waals surface area contributed by atoms with E-state index in [0.717, 1.165) is 19.0 Å². The minimum Gasteiger partial charge on any atom is -0.354 e. The number of nitrogens with zero attached hydrogens (tertiary/aromatic N) is 2. The molecule has 0 radical (unpaired) electrons. The molecule has 0 bridgehead atoms. The van der Waals surface area contributed by atoms with Gasteiger partial charge in [-0.15, -0.1) is 0 Å². The second kappa shape index (κ2) is 3.56. The lowest BCUT2D eigenvalue weighted by molar-refractivity contribution is 0.187. The lowest BCUT2D eigenvalue weighted by Crippen LogP contribution is -2.51. The van der Waals surface area contributed by atoms with E-state index in [1.807, 2.05) is 0 Å². The Morgan fingerprint density at radius 2 is 2.00 bits per heavy atom. The molecule has 13 heavy (non-hydrogen) atoms. The minimum absolute atomic E-state index is 0.660. The molecule has 3 heteroatoms. The largest absolute Gasteiger partial charge is 0.354 e. The number of likely N-dealkylation sites (tertiary alicyclic amines) is 1. The first-order chi connectivity index (χ1) is 6.29. The number of nitrogens with one attached hydrogen (secondary N) is 1. The summed E-state index contributed by atoms with van der Waals surface area (Å²) in [5, 5.41) is 3.36. The zero-order valence-corrected chi connectivity index (χ0v) is 8.58. The molecule has 0 saturated carbocycles. The summed E-state index contributed by atoms with van der Waals surface area (Å²) in [5.41, 5.74) is 0. The lowest BCUT2D eigenvalue weighted by atomic mass is 9.98. The molecule has 1 fully saturated rings. The van der Waals surface area contributed by atoms with Gasteiger partial charge in [-0.1, -0.05) is 0 Å². The van der Waals surface area contributed by atoms with E-state index >= 15 is 0 Å². The number of hydrogen-bond donors (Lipinski definition) is 1. The van der Waals surface area contributed by atoms with E-state index in [-0.39, 0.29) is 0 Å². The van der Waals surface area contributed by atoms with E-state index in [2.05, 4.69) is 29.1 Å². The van der Waals surface area contributed by atoms with Crippen LogP contribution in [0.4, 0.5) is 0 Å². The summed E-state index contributed by atoms with van der Waals surface area (Å²) < 4.78 is 0. The molecular formula is C10H19N3. The quantitative estimate of drug-likeness (QED) is 0.608. The van der Waals surface area contributed by atoms with Crippen molar-refractivity contribution in [2.75, 3.05) is 13.1 Å². The Hall–Kier alpha value is -0.730. The first-order valence-electron chi connectivity index (χ1n) is 5.35. The zero-order valence-electron chi connectivity index (χ0n) is 8.58. The summed E-state index contributed by atoms with van der Waals surface area (Å²) in [6.07, 6.45) is 3.99. The van der Waals surface area contributed by atoms with Gasteiger partial charge in [0.2, 0.25) is 0 Å². The Balaban J connectivity index is 2.08. The summed E-state index contributed by atoms with van der Waals surface area (Å²) in [6.45, 7) is 6.58. The zero-order chi connectivity index (χ0) is 9.26. The third kappa shape index (κ3) is 1.64. The Morgan fingerprint density at radius 1 is 1.31 bits per heavy atom. The maximum atomic E-state index is 4.49. The average molecular weight is 181 g/mol. The molecule has 2 atom stereocenters. The molecule has 2 unspecified atom stereocenters. The summed E-state index contributed by atoms with van der Waals surface area (Å²) >= 11 is 0. The molecule has 0 amide bonds. The molecule has 1 saturated heterocycles. The normalized spacial score (nSPS) is 34.3. The molecule has 2 aliphatic rings. The molecule has 2 rings (SSSR count). The van der Waals surface area contributed by atoms with Gasteiger partial charge in [0.25, 0.3) is 0 Å². The van der Waals surface area contributed by atoms with Crippen LogP contribution in [0.1, 0.15) is 33.1 Å². The Labute approximate surface area is 80.2 Å². The van der Waals surface area contributed by atoms with Crippen LogP contribution in [0.15, 0.2) is 4.99 Å². The lowest BCUT2D eigenvalue weighted by Gasteiger charge is -2.40. The van der Waals surface area contributed by atoms with Gasteiger partial charge in [0, 0.05) is 18.6 Å². The number of aliphatic imine (C=N–C) groups is 1. The second-order valence-electron chi connectivity index (χ2n) is 4.17. The third-order valence-electron chi connectivity index (χ3n) is 3.09. The van der Waals surface area contributed by atoms with Gasteiger partial charge in [-0.2, -0.15) is 0 Å². The van der Waals surface area contributed by atoms with E-state index < -0.39 is 0 Å². The van der Waals surface area contributed by atoms with Gasteiger partial charge in [0.15, 0.2) is 5.96 Å². The summed E-state index contributed by atoms with van der Waals surface area (Å²) in [7, 11) is 0. The van der Waals surface area contributed by atoms with Gasteiger partial charge in [0.1, 0.15) is 0 Å². The van der Waals surface area contributed by atoms with Gasteiger partial charge in [-0.05, 0) is 33.1 Å². The van der Waals surface area contributed by atoms with E-state index in [1.54, 1.807) is 0 Å². The van der Waals surface area contributed by atoms with Gasteiger partial charge < -0.3 is 10.2 Å². The highest BCUT2D eigenvalue weighted by atomic mass is 15.4. The van der Waals surface area contributed by atoms with E-state index in [4.69, 9.17) is 0 Å². The first kappa shape index (κ1) is 8.85. The molecule has 0 aromatic rings. The molecule has 74 valence electrons. The van der Waals surface area contributed by atoms with E-state index in [0.29, 0.717) is 12.1 Å². The van der Waals surface area contributed by atoms with Gasteiger partial charge >= 0.3 is 0 Å². The van der Waals surface area contributed by atoms with Gasteiger partial charge in [0.05, 0.1) is 6.54 Å². The monoisotopic (exact) mass is 181 g/mol. The van der Waals surface area contributed by atoms with E-state index in [9.17, 15) is 0 Å². The van der Waals surface area contributed by atoms with Crippen LogP contribution in [0, 0.1) is 0 Å². The molecule has 0 aromatic carbocycles.